The molecule has 0 amide bonds. The molecule has 0 unspecified atom stereocenters. The zero-order valence-electron chi connectivity index (χ0n) is 10.3. The lowest BCUT2D eigenvalue weighted by Gasteiger charge is -2.19. The molecule has 100 valence electrons. The molecule has 0 aliphatic carbocycles. The van der Waals surface area contributed by atoms with Gasteiger partial charge in [-0.15, -0.1) is 0 Å². The lowest BCUT2D eigenvalue weighted by molar-refractivity contribution is 0.557. The number of hydrogen-bond acceptors (Lipinski definition) is 2. The van der Waals surface area contributed by atoms with Crippen molar-refractivity contribution in [3.63, 3.8) is 0 Å². The fourth-order valence-electron chi connectivity index (χ4n) is 1.10. The summed E-state index contributed by atoms with van der Waals surface area (Å²) in [5.41, 5.74) is -0.105. The minimum Gasteiger partial charge on any atom is -0.591 e. The smallest absolute Gasteiger partial charge is 0.144 e. The SMILES string of the molecule is CC(C)(C)[S@@+]([O-])/N=C(\CF)c1cc(Br)ccc1F. The molecule has 0 bridgehead atoms. The largest absolute Gasteiger partial charge is 0.591 e. The minimum absolute atomic E-state index is 0.0319. The van der Waals surface area contributed by atoms with Gasteiger partial charge in [0.1, 0.15) is 34.3 Å². The van der Waals surface area contributed by atoms with Crippen LogP contribution in [0.5, 0.6) is 0 Å². The summed E-state index contributed by atoms with van der Waals surface area (Å²) in [6, 6.07) is 4.15. The molecule has 18 heavy (non-hydrogen) atoms. The van der Waals surface area contributed by atoms with Crippen molar-refractivity contribution in [2.75, 3.05) is 6.67 Å². The molecule has 0 aliphatic rings. The van der Waals surface area contributed by atoms with Gasteiger partial charge in [0, 0.05) is 10.0 Å². The van der Waals surface area contributed by atoms with Crippen LogP contribution in [0.2, 0.25) is 0 Å². The van der Waals surface area contributed by atoms with Crippen LogP contribution in [0, 0.1) is 5.82 Å². The van der Waals surface area contributed by atoms with Crippen LogP contribution in [0.15, 0.2) is 27.1 Å². The van der Waals surface area contributed by atoms with Gasteiger partial charge >= 0.3 is 0 Å². The number of nitrogens with zero attached hydrogens (tertiary/aromatic N) is 1. The van der Waals surface area contributed by atoms with Crippen LogP contribution in [0.4, 0.5) is 8.78 Å². The van der Waals surface area contributed by atoms with Gasteiger partial charge in [-0.05, 0) is 39.0 Å². The van der Waals surface area contributed by atoms with E-state index < -0.39 is 28.6 Å². The Labute approximate surface area is 117 Å². The van der Waals surface area contributed by atoms with Crippen LogP contribution in [0.3, 0.4) is 0 Å². The van der Waals surface area contributed by atoms with Gasteiger partial charge in [0.2, 0.25) is 0 Å². The van der Waals surface area contributed by atoms with E-state index >= 15 is 0 Å². The molecule has 0 spiro atoms. The van der Waals surface area contributed by atoms with Crippen LogP contribution in [-0.4, -0.2) is 21.7 Å². The van der Waals surface area contributed by atoms with Crippen LogP contribution < -0.4 is 0 Å². The molecular formula is C12H14BrF2NOS. The lowest BCUT2D eigenvalue weighted by Crippen LogP contribution is -2.27. The van der Waals surface area contributed by atoms with Crippen LogP contribution in [-0.2, 0) is 11.4 Å². The summed E-state index contributed by atoms with van der Waals surface area (Å²) in [4.78, 5) is 0. The van der Waals surface area contributed by atoms with E-state index in [2.05, 4.69) is 20.3 Å². The molecule has 0 saturated heterocycles. The summed E-state index contributed by atoms with van der Waals surface area (Å²) in [6.07, 6.45) is 0. The summed E-state index contributed by atoms with van der Waals surface area (Å²) < 4.78 is 42.2. The Morgan fingerprint density at radius 3 is 2.56 bits per heavy atom. The van der Waals surface area contributed by atoms with Gasteiger partial charge in [0.15, 0.2) is 0 Å². The van der Waals surface area contributed by atoms with E-state index in [1.165, 1.54) is 18.2 Å². The molecule has 0 saturated carbocycles. The second-order valence-corrected chi connectivity index (χ2v) is 7.48. The van der Waals surface area contributed by atoms with Gasteiger partial charge in [-0.25, -0.2) is 8.78 Å². The van der Waals surface area contributed by atoms with Gasteiger partial charge in [-0.1, -0.05) is 20.3 Å². The highest BCUT2D eigenvalue weighted by molar-refractivity contribution is 9.10. The second-order valence-electron chi connectivity index (χ2n) is 4.66. The molecule has 6 heteroatoms. The fraction of sp³-hybridized carbons (Fsp3) is 0.417. The highest BCUT2D eigenvalue weighted by Crippen LogP contribution is 2.21. The van der Waals surface area contributed by atoms with Gasteiger partial charge in [-0.2, -0.15) is 0 Å². The van der Waals surface area contributed by atoms with Crippen molar-refractivity contribution in [1.29, 1.82) is 0 Å². The third-order valence-corrected chi connectivity index (χ3v) is 4.01. The summed E-state index contributed by atoms with van der Waals surface area (Å²) >= 11 is 1.56. The number of benzene rings is 1. The van der Waals surface area contributed by atoms with E-state index in [1.54, 1.807) is 20.8 Å². The molecular weight excluding hydrogens is 324 g/mol. The molecule has 0 aromatic heterocycles. The Hall–Kier alpha value is -0.460. The van der Waals surface area contributed by atoms with E-state index in [-0.39, 0.29) is 11.3 Å². The summed E-state index contributed by atoms with van der Waals surface area (Å²) in [6.45, 7) is 4.20. The van der Waals surface area contributed by atoms with Crippen molar-refractivity contribution >= 4 is 33.0 Å². The van der Waals surface area contributed by atoms with E-state index in [4.69, 9.17) is 0 Å². The molecule has 1 atom stereocenters. The predicted molar refractivity (Wildman–Crippen MR) is 74.5 cm³/mol. The molecule has 0 radical (unpaired) electrons. The summed E-state index contributed by atoms with van der Waals surface area (Å²) in [5.74, 6) is -0.583. The molecule has 0 fully saturated rings. The monoisotopic (exact) mass is 337 g/mol. The third-order valence-electron chi connectivity index (χ3n) is 2.08. The molecule has 2 nitrogen and oxygen atoms in total. The van der Waals surface area contributed by atoms with E-state index in [9.17, 15) is 13.3 Å². The Balaban J connectivity index is 3.17. The topological polar surface area (TPSA) is 35.4 Å². The first kappa shape index (κ1) is 15.6. The number of alkyl halides is 1. The van der Waals surface area contributed by atoms with Crippen molar-refractivity contribution in [3.05, 3.63) is 34.1 Å². The molecule has 0 heterocycles. The van der Waals surface area contributed by atoms with Crippen molar-refractivity contribution in [2.45, 2.75) is 25.5 Å². The number of hydrogen-bond donors (Lipinski definition) is 0. The molecule has 0 aliphatic heterocycles. The van der Waals surface area contributed by atoms with Crippen LogP contribution in [0.1, 0.15) is 26.3 Å². The standard InChI is InChI=1S/C12H14BrF2NOS/c1-12(2,3)18(17)16-11(7-14)9-6-8(13)4-5-10(9)15/h4-6H,7H2,1-3H3/b16-11+/t18-/m1/s1. The quantitative estimate of drug-likeness (QED) is 0.610. The highest BCUT2D eigenvalue weighted by Gasteiger charge is 2.28. The zero-order valence-corrected chi connectivity index (χ0v) is 12.7. The Kier molecular flexibility index (Phi) is 5.31. The second kappa shape index (κ2) is 6.12. The van der Waals surface area contributed by atoms with Crippen molar-refractivity contribution < 1.29 is 13.3 Å². The highest BCUT2D eigenvalue weighted by atomic mass is 79.9. The van der Waals surface area contributed by atoms with Crippen molar-refractivity contribution in [2.24, 2.45) is 4.40 Å². The Morgan fingerprint density at radius 2 is 2.06 bits per heavy atom. The maximum Gasteiger partial charge on any atom is 0.144 e. The average molecular weight is 338 g/mol. The van der Waals surface area contributed by atoms with Gasteiger partial charge in [-0.3, -0.25) is 0 Å². The maximum absolute atomic E-state index is 13.6. The Morgan fingerprint density at radius 1 is 1.44 bits per heavy atom. The van der Waals surface area contributed by atoms with Gasteiger partial charge in [0.05, 0.1) is 0 Å². The van der Waals surface area contributed by atoms with Crippen LogP contribution >= 0.6 is 15.9 Å². The van der Waals surface area contributed by atoms with Gasteiger partial charge < -0.3 is 4.55 Å². The number of rotatable bonds is 3. The first-order valence-corrected chi connectivity index (χ1v) is 7.16. The lowest BCUT2D eigenvalue weighted by atomic mass is 10.1. The zero-order chi connectivity index (χ0) is 13.9. The molecule has 1 rings (SSSR count). The average Bonchev–Trinajstić information content (AvgIpc) is 2.28. The molecule has 0 N–H and O–H groups in total. The van der Waals surface area contributed by atoms with Gasteiger partial charge in [0.25, 0.3) is 0 Å². The molecule has 1 aromatic rings. The third kappa shape index (κ3) is 4.03. The van der Waals surface area contributed by atoms with Crippen LogP contribution in [0.25, 0.3) is 0 Å². The maximum atomic E-state index is 13.6. The van der Waals surface area contributed by atoms with Crippen molar-refractivity contribution in [3.8, 4) is 0 Å². The van der Waals surface area contributed by atoms with E-state index in [0.717, 1.165) is 0 Å². The summed E-state index contributed by atoms with van der Waals surface area (Å²) in [5, 5.41) is 0. The number of halogens is 3. The summed E-state index contributed by atoms with van der Waals surface area (Å²) in [7, 11) is 0. The molecule has 1 aromatic carbocycles. The fourth-order valence-corrected chi connectivity index (χ4v) is 2.08. The van der Waals surface area contributed by atoms with E-state index in [0.29, 0.717) is 4.47 Å². The Bertz CT molecular complexity index is 460. The normalized spacial score (nSPS) is 14.7. The first-order valence-electron chi connectivity index (χ1n) is 5.26. The van der Waals surface area contributed by atoms with Crippen molar-refractivity contribution in [1.82, 2.24) is 0 Å². The predicted octanol–water partition coefficient (Wildman–Crippen LogP) is 3.81. The van der Waals surface area contributed by atoms with E-state index in [1.807, 2.05) is 0 Å². The first-order chi connectivity index (χ1) is 8.25. The minimum atomic E-state index is -1.62.